The second kappa shape index (κ2) is 5.64. The molecule has 0 aliphatic heterocycles. The molecule has 1 aliphatic rings. The van der Waals surface area contributed by atoms with E-state index in [-0.39, 0.29) is 30.3 Å². The van der Waals surface area contributed by atoms with E-state index in [1.165, 1.54) is 4.90 Å². The van der Waals surface area contributed by atoms with E-state index in [1.807, 2.05) is 6.07 Å². The predicted molar refractivity (Wildman–Crippen MR) is 70.1 cm³/mol. The van der Waals surface area contributed by atoms with E-state index in [1.54, 1.807) is 0 Å². The van der Waals surface area contributed by atoms with Gasteiger partial charge in [-0.1, -0.05) is 0 Å². The molecule has 1 amide bonds. The zero-order valence-electron chi connectivity index (χ0n) is 11.2. The molecule has 0 unspecified atom stereocenters. The fourth-order valence-corrected chi connectivity index (χ4v) is 2.08. The quantitative estimate of drug-likeness (QED) is 0.869. The number of nitrogens with zero attached hydrogens (tertiary/aromatic N) is 2. The molecule has 1 saturated carbocycles. The molecule has 1 fully saturated rings. The molecular weight excluding hydrogens is 283 g/mol. The summed E-state index contributed by atoms with van der Waals surface area (Å²) in [6.45, 7) is 0.204. The summed E-state index contributed by atoms with van der Waals surface area (Å²) in [5, 5.41) is 8.61. The van der Waals surface area contributed by atoms with Crippen LogP contribution in [-0.4, -0.2) is 23.4 Å². The molecular formula is C14H14F3N3O. The molecule has 0 aromatic heterocycles. The Hall–Kier alpha value is -2.23. The highest BCUT2D eigenvalue weighted by atomic mass is 19.4. The van der Waals surface area contributed by atoms with E-state index in [0.717, 1.165) is 31.0 Å². The van der Waals surface area contributed by atoms with Crippen LogP contribution in [0.3, 0.4) is 0 Å². The molecule has 0 heterocycles. The van der Waals surface area contributed by atoms with Gasteiger partial charge >= 0.3 is 6.18 Å². The lowest BCUT2D eigenvalue weighted by Gasteiger charge is -2.22. The fraction of sp³-hybridized carbons (Fsp3) is 0.429. The van der Waals surface area contributed by atoms with Crippen LogP contribution in [0.25, 0.3) is 0 Å². The molecule has 1 aromatic rings. The number of nitrogens with two attached hydrogens (primary N) is 1. The first-order valence-electron chi connectivity index (χ1n) is 6.49. The van der Waals surface area contributed by atoms with E-state index in [0.29, 0.717) is 0 Å². The lowest BCUT2D eigenvalue weighted by molar-refractivity contribution is -0.137. The Bertz CT molecular complexity index is 588. The largest absolute Gasteiger partial charge is 0.416 e. The SMILES string of the molecule is N#CCCN(C(=O)c1cc(C(F)(F)F)ccc1N)C1CC1. The fourth-order valence-electron chi connectivity index (χ4n) is 2.08. The molecule has 7 heteroatoms. The molecule has 0 atom stereocenters. The molecule has 21 heavy (non-hydrogen) atoms. The van der Waals surface area contributed by atoms with Crippen LogP contribution in [-0.2, 0) is 6.18 Å². The van der Waals surface area contributed by atoms with E-state index in [4.69, 9.17) is 11.0 Å². The number of carbonyl (C=O) groups is 1. The second-order valence-electron chi connectivity index (χ2n) is 4.94. The van der Waals surface area contributed by atoms with Crippen LogP contribution in [0.5, 0.6) is 0 Å². The number of hydrogen-bond acceptors (Lipinski definition) is 3. The number of hydrogen-bond donors (Lipinski definition) is 1. The highest BCUT2D eigenvalue weighted by molar-refractivity contribution is 5.99. The Morgan fingerprint density at radius 1 is 1.43 bits per heavy atom. The summed E-state index contributed by atoms with van der Waals surface area (Å²) in [5.74, 6) is -0.545. The van der Waals surface area contributed by atoms with Crippen molar-refractivity contribution in [3.63, 3.8) is 0 Å². The number of amides is 1. The molecule has 1 aromatic carbocycles. The van der Waals surface area contributed by atoms with Gasteiger partial charge in [-0.2, -0.15) is 18.4 Å². The van der Waals surface area contributed by atoms with E-state index in [9.17, 15) is 18.0 Å². The van der Waals surface area contributed by atoms with E-state index < -0.39 is 17.6 Å². The lowest BCUT2D eigenvalue weighted by Crippen LogP contribution is -2.34. The topological polar surface area (TPSA) is 70.1 Å². The van der Waals surface area contributed by atoms with Gasteiger partial charge in [0.25, 0.3) is 5.91 Å². The van der Waals surface area contributed by atoms with Gasteiger partial charge in [-0.25, -0.2) is 0 Å². The molecule has 0 saturated heterocycles. The number of nitrogen functional groups attached to an aromatic ring is 1. The van der Waals surface area contributed by atoms with Gasteiger partial charge in [0.1, 0.15) is 0 Å². The average Bonchev–Trinajstić information content (AvgIpc) is 3.22. The van der Waals surface area contributed by atoms with Crippen molar-refractivity contribution in [1.29, 1.82) is 5.26 Å². The van der Waals surface area contributed by atoms with Crippen molar-refractivity contribution in [2.24, 2.45) is 0 Å². The zero-order chi connectivity index (χ0) is 15.6. The summed E-state index contributed by atoms with van der Waals surface area (Å²) in [6.07, 6.45) is -2.78. The first-order valence-corrected chi connectivity index (χ1v) is 6.49. The van der Waals surface area contributed by atoms with Crippen LogP contribution in [0, 0.1) is 11.3 Å². The number of alkyl halides is 3. The number of nitriles is 1. The third-order valence-electron chi connectivity index (χ3n) is 3.32. The van der Waals surface area contributed by atoms with Crippen LogP contribution in [0.1, 0.15) is 35.2 Å². The number of anilines is 1. The average molecular weight is 297 g/mol. The highest BCUT2D eigenvalue weighted by Crippen LogP contribution is 2.33. The van der Waals surface area contributed by atoms with Gasteiger partial charge in [0.15, 0.2) is 0 Å². The van der Waals surface area contributed by atoms with Crippen LogP contribution in [0.15, 0.2) is 18.2 Å². The van der Waals surface area contributed by atoms with Gasteiger partial charge in [0, 0.05) is 18.3 Å². The summed E-state index contributed by atoms with van der Waals surface area (Å²) < 4.78 is 38.2. The van der Waals surface area contributed by atoms with Crippen molar-refractivity contribution in [3.05, 3.63) is 29.3 Å². The van der Waals surface area contributed by atoms with Gasteiger partial charge in [-0.15, -0.1) is 0 Å². The number of carbonyl (C=O) groups excluding carboxylic acids is 1. The predicted octanol–water partition coefficient (Wildman–Crippen LogP) is 2.81. The second-order valence-corrected chi connectivity index (χ2v) is 4.94. The minimum absolute atomic E-state index is 0.000192. The Kier molecular flexibility index (Phi) is 4.07. The Balaban J connectivity index is 2.30. The van der Waals surface area contributed by atoms with Crippen molar-refractivity contribution in [2.45, 2.75) is 31.5 Å². The molecule has 112 valence electrons. The molecule has 1 aliphatic carbocycles. The molecule has 2 N–H and O–H groups in total. The molecule has 4 nitrogen and oxygen atoms in total. The van der Waals surface area contributed by atoms with Gasteiger partial charge in [-0.3, -0.25) is 4.79 Å². The van der Waals surface area contributed by atoms with Gasteiger partial charge < -0.3 is 10.6 Å². The van der Waals surface area contributed by atoms with Gasteiger partial charge in [0.2, 0.25) is 0 Å². The van der Waals surface area contributed by atoms with Crippen molar-refractivity contribution >= 4 is 11.6 Å². The van der Waals surface area contributed by atoms with Crippen molar-refractivity contribution in [3.8, 4) is 6.07 Å². The highest BCUT2D eigenvalue weighted by Gasteiger charge is 2.35. The Morgan fingerprint density at radius 3 is 2.62 bits per heavy atom. The Morgan fingerprint density at radius 2 is 2.10 bits per heavy atom. The first-order chi connectivity index (χ1) is 9.84. The summed E-state index contributed by atoms with van der Waals surface area (Å²) >= 11 is 0. The van der Waals surface area contributed by atoms with Crippen molar-refractivity contribution < 1.29 is 18.0 Å². The Labute approximate surface area is 119 Å². The summed E-state index contributed by atoms with van der Waals surface area (Å²) in [7, 11) is 0. The number of rotatable bonds is 4. The minimum Gasteiger partial charge on any atom is -0.398 e. The van der Waals surface area contributed by atoms with Crippen LogP contribution >= 0.6 is 0 Å². The van der Waals surface area contributed by atoms with E-state index in [2.05, 4.69) is 0 Å². The first kappa shape index (κ1) is 15.2. The number of benzene rings is 1. The van der Waals surface area contributed by atoms with E-state index >= 15 is 0 Å². The van der Waals surface area contributed by atoms with Crippen LogP contribution in [0.4, 0.5) is 18.9 Å². The molecule has 2 rings (SSSR count). The smallest absolute Gasteiger partial charge is 0.398 e. The van der Waals surface area contributed by atoms with Crippen LogP contribution in [0.2, 0.25) is 0 Å². The normalized spacial score (nSPS) is 14.6. The molecule has 0 radical (unpaired) electrons. The molecule has 0 bridgehead atoms. The standard InChI is InChI=1S/C14H14F3N3O/c15-14(16,17)9-2-5-12(19)11(8-9)13(21)20(7-1-6-18)10-3-4-10/h2,5,8,10H,1,3-4,7,19H2. The third kappa shape index (κ3) is 3.45. The van der Waals surface area contributed by atoms with Crippen molar-refractivity contribution in [1.82, 2.24) is 4.90 Å². The molecule has 0 spiro atoms. The summed E-state index contributed by atoms with van der Waals surface area (Å²) in [4.78, 5) is 13.8. The maximum Gasteiger partial charge on any atom is 0.416 e. The zero-order valence-corrected chi connectivity index (χ0v) is 11.2. The minimum atomic E-state index is -4.53. The lowest BCUT2D eigenvalue weighted by atomic mass is 10.1. The summed E-state index contributed by atoms with van der Waals surface area (Å²) in [6, 6.07) is 4.65. The van der Waals surface area contributed by atoms with Gasteiger partial charge in [-0.05, 0) is 31.0 Å². The monoisotopic (exact) mass is 297 g/mol. The maximum atomic E-state index is 12.7. The van der Waals surface area contributed by atoms with Crippen molar-refractivity contribution in [2.75, 3.05) is 12.3 Å². The van der Waals surface area contributed by atoms with Gasteiger partial charge in [0.05, 0.1) is 23.6 Å². The summed E-state index contributed by atoms with van der Waals surface area (Å²) in [5.41, 5.74) is 4.59. The third-order valence-corrected chi connectivity index (χ3v) is 3.32. The number of halogens is 3. The van der Waals surface area contributed by atoms with Crippen LogP contribution < -0.4 is 5.73 Å². The maximum absolute atomic E-state index is 12.7.